The predicted octanol–water partition coefficient (Wildman–Crippen LogP) is 3.92. The van der Waals surface area contributed by atoms with Crippen molar-refractivity contribution in [1.29, 1.82) is 0 Å². The molecular weight excluding hydrogens is 248 g/mol. The molecule has 0 unspecified atom stereocenters. The van der Waals surface area contributed by atoms with Gasteiger partial charge in [-0.3, -0.25) is 0 Å². The number of fused-ring (bicyclic) bond motifs is 1. The van der Waals surface area contributed by atoms with Crippen molar-refractivity contribution in [3.8, 4) is 11.4 Å². The number of rotatable bonds is 2. The third-order valence-corrected chi connectivity index (χ3v) is 3.08. The van der Waals surface area contributed by atoms with Crippen molar-refractivity contribution in [3.05, 3.63) is 60.3 Å². The van der Waals surface area contributed by atoms with Crippen LogP contribution in [0.1, 0.15) is 0 Å². The summed E-state index contributed by atoms with van der Waals surface area (Å²) in [7, 11) is 1.60. The molecule has 0 spiro atoms. The lowest BCUT2D eigenvalue weighted by atomic mass is 10.2. The van der Waals surface area contributed by atoms with Crippen molar-refractivity contribution in [3.63, 3.8) is 0 Å². The van der Waals surface area contributed by atoms with Crippen LogP contribution in [-0.2, 0) is 0 Å². The first-order valence-corrected chi connectivity index (χ1v) is 5.79. The van der Waals surface area contributed by atoms with E-state index in [9.17, 15) is 8.78 Å². The van der Waals surface area contributed by atoms with Crippen molar-refractivity contribution < 1.29 is 13.5 Å². The van der Waals surface area contributed by atoms with Gasteiger partial charge in [-0.25, -0.2) is 8.78 Å². The van der Waals surface area contributed by atoms with Gasteiger partial charge in [0.2, 0.25) is 0 Å². The average molecular weight is 259 g/mol. The maximum atomic E-state index is 13.3. The van der Waals surface area contributed by atoms with E-state index in [1.165, 1.54) is 12.1 Å². The monoisotopic (exact) mass is 259 g/mol. The van der Waals surface area contributed by atoms with Gasteiger partial charge < -0.3 is 9.30 Å². The van der Waals surface area contributed by atoms with Crippen molar-refractivity contribution in [2.24, 2.45) is 0 Å². The summed E-state index contributed by atoms with van der Waals surface area (Å²) in [6.07, 6.45) is 1.78. The van der Waals surface area contributed by atoms with E-state index in [2.05, 4.69) is 0 Å². The van der Waals surface area contributed by atoms with Crippen molar-refractivity contribution in [2.45, 2.75) is 0 Å². The summed E-state index contributed by atoms with van der Waals surface area (Å²) in [5.74, 6) is -0.932. The molecule has 2 nitrogen and oxygen atoms in total. The zero-order valence-electron chi connectivity index (χ0n) is 10.2. The molecule has 96 valence electrons. The maximum absolute atomic E-state index is 13.3. The average Bonchev–Trinajstić information content (AvgIpc) is 2.82. The fourth-order valence-corrected chi connectivity index (χ4v) is 2.10. The minimum absolute atomic E-state index is 0.629. The van der Waals surface area contributed by atoms with Gasteiger partial charge in [0.1, 0.15) is 5.75 Å². The van der Waals surface area contributed by atoms with E-state index in [1.807, 2.05) is 24.3 Å². The third-order valence-electron chi connectivity index (χ3n) is 3.08. The van der Waals surface area contributed by atoms with Crippen LogP contribution in [0.3, 0.4) is 0 Å². The number of benzene rings is 2. The van der Waals surface area contributed by atoms with E-state index in [0.29, 0.717) is 10.9 Å². The molecule has 3 aromatic rings. The Labute approximate surface area is 108 Å². The topological polar surface area (TPSA) is 14.2 Å². The molecule has 0 N–H and O–H groups in total. The van der Waals surface area contributed by atoms with Crippen LogP contribution in [0.2, 0.25) is 0 Å². The third kappa shape index (κ3) is 1.95. The Morgan fingerprint density at radius 2 is 1.63 bits per heavy atom. The molecule has 0 saturated carbocycles. The minimum atomic E-state index is -0.846. The van der Waals surface area contributed by atoms with Crippen LogP contribution in [0.5, 0.6) is 5.75 Å². The Morgan fingerprint density at radius 1 is 0.947 bits per heavy atom. The van der Waals surface area contributed by atoms with Gasteiger partial charge in [0.15, 0.2) is 11.6 Å². The highest BCUT2D eigenvalue weighted by molar-refractivity contribution is 5.82. The summed E-state index contributed by atoms with van der Waals surface area (Å²) in [4.78, 5) is 0. The molecule has 0 fully saturated rings. The van der Waals surface area contributed by atoms with E-state index in [-0.39, 0.29) is 0 Å². The standard InChI is InChI=1S/C15H11F2NO/c1-19-12-4-2-11(3-5-12)18-7-6-10-8-13(16)14(17)9-15(10)18/h2-9H,1H3. The molecule has 0 amide bonds. The smallest absolute Gasteiger partial charge is 0.160 e. The second-order valence-electron chi connectivity index (χ2n) is 4.21. The summed E-state index contributed by atoms with van der Waals surface area (Å²) in [6, 6.07) is 11.5. The van der Waals surface area contributed by atoms with Gasteiger partial charge in [-0.2, -0.15) is 0 Å². The summed E-state index contributed by atoms with van der Waals surface area (Å²) >= 11 is 0. The maximum Gasteiger partial charge on any atom is 0.160 e. The summed E-state index contributed by atoms with van der Waals surface area (Å²) in [6.45, 7) is 0. The predicted molar refractivity (Wildman–Crippen MR) is 69.7 cm³/mol. The highest BCUT2D eigenvalue weighted by atomic mass is 19.2. The quantitative estimate of drug-likeness (QED) is 0.680. The molecule has 0 aliphatic rings. The van der Waals surface area contributed by atoms with Crippen LogP contribution >= 0.6 is 0 Å². The van der Waals surface area contributed by atoms with Gasteiger partial charge in [-0.15, -0.1) is 0 Å². The van der Waals surface area contributed by atoms with Crippen LogP contribution in [0.15, 0.2) is 48.7 Å². The molecule has 0 radical (unpaired) electrons. The van der Waals surface area contributed by atoms with Crippen LogP contribution in [-0.4, -0.2) is 11.7 Å². The number of halogens is 2. The van der Waals surface area contributed by atoms with Gasteiger partial charge in [-0.1, -0.05) is 0 Å². The molecule has 0 bridgehead atoms. The van der Waals surface area contributed by atoms with Crippen LogP contribution < -0.4 is 4.74 Å². The molecule has 0 saturated heterocycles. The normalized spacial score (nSPS) is 10.9. The van der Waals surface area contributed by atoms with E-state index in [0.717, 1.165) is 11.4 Å². The Bertz CT molecular complexity index is 732. The van der Waals surface area contributed by atoms with E-state index in [4.69, 9.17) is 4.74 Å². The van der Waals surface area contributed by atoms with Crippen LogP contribution in [0.4, 0.5) is 8.78 Å². The molecule has 19 heavy (non-hydrogen) atoms. The largest absolute Gasteiger partial charge is 0.497 e. The molecule has 0 atom stereocenters. The SMILES string of the molecule is COc1ccc(-n2ccc3cc(F)c(F)cc32)cc1. The lowest BCUT2D eigenvalue weighted by Crippen LogP contribution is -1.93. The summed E-state index contributed by atoms with van der Waals surface area (Å²) in [5.41, 5.74) is 1.49. The molecule has 1 heterocycles. The van der Waals surface area contributed by atoms with E-state index >= 15 is 0 Å². The molecule has 1 aromatic heterocycles. The number of hydrogen-bond donors (Lipinski definition) is 0. The Kier molecular flexibility index (Phi) is 2.71. The zero-order chi connectivity index (χ0) is 13.4. The Balaban J connectivity index is 2.16. The van der Waals surface area contributed by atoms with Crippen LogP contribution in [0, 0.1) is 11.6 Å². The highest BCUT2D eigenvalue weighted by Gasteiger charge is 2.08. The molecule has 2 aromatic carbocycles. The number of nitrogens with zero attached hydrogens (tertiary/aromatic N) is 1. The van der Waals surface area contributed by atoms with Gasteiger partial charge >= 0.3 is 0 Å². The highest BCUT2D eigenvalue weighted by Crippen LogP contribution is 2.24. The Morgan fingerprint density at radius 3 is 2.32 bits per heavy atom. The molecular formula is C15H11F2NO. The zero-order valence-corrected chi connectivity index (χ0v) is 10.2. The Hall–Kier alpha value is -2.36. The number of methoxy groups -OCH3 is 1. The summed E-state index contributed by atoms with van der Waals surface area (Å²) < 4.78 is 33.4. The molecule has 4 heteroatoms. The first-order chi connectivity index (χ1) is 9.19. The van der Waals surface area contributed by atoms with Gasteiger partial charge in [0.25, 0.3) is 0 Å². The first kappa shape index (κ1) is 11.7. The molecule has 0 aliphatic carbocycles. The lowest BCUT2D eigenvalue weighted by Gasteiger charge is -2.07. The first-order valence-electron chi connectivity index (χ1n) is 5.79. The van der Waals surface area contributed by atoms with Crippen molar-refractivity contribution >= 4 is 10.9 Å². The van der Waals surface area contributed by atoms with Gasteiger partial charge in [0, 0.05) is 23.3 Å². The van der Waals surface area contributed by atoms with Crippen LogP contribution in [0.25, 0.3) is 16.6 Å². The summed E-state index contributed by atoms with van der Waals surface area (Å²) in [5, 5.41) is 0.662. The number of ether oxygens (including phenoxy) is 1. The van der Waals surface area contributed by atoms with Crippen molar-refractivity contribution in [2.75, 3.05) is 7.11 Å². The molecule has 3 rings (SSSR count). The van der Waals surface area contributed by atoms with E-state index in [1.54, 1.807) is 23.9 Å². The molecule has 0 aliphatic heterocycles. The second kappa shape index (κ2) is 4.39. The fourth-order valence-electron chi connectivity index (χ4n) is 2.10. The number of hydrogen-bond acceptors (Lipinski definition) is 1. The lowest BCUT2D eigenvalue weighted by molar-refractivity contribution is 0.415. The van der Waals surface area contributed by atoms with Gasteiger partial charge in [-0.05, 0) is 36.4 Å². The van der Waals surface area contributed by atoms with Crippen molar-refractivity contribution in [1.82, 2.24) is 4.57 Å². The second-order valence-corrected chi connectivity index (χ2v) is 4.21. The minimum Gasteiger partial charge on any atom is -0.497 e. The van der Waals surface area contributed by atoms with E-state index < -0.39 is 11.6 Å². The fraction of sp³-hybridized carbons (Fsp3) is 0.0667. The number of aromatic nitrogens is 1. The van der Waals surface area contributed by atoms with Gasteiger partial charge in [0.05, 0.1) is 12.6 Å².